The second kappa shape index (κ2) is 10.4. The molecule has 144 valence electrons. The summed E-state index contributed by atoms with van der Waals surface area (Å²) in [6.45, 7) is 7.22. The molecule has 1 aromatic rings. The van der Waals surface area contributed by atoms with Crippen molar-refractivity contribution in [3.63, 3.8) is 0 Å². The quantitative estimate of drug-likeness (QED) is 0.625. The van der Waals surface area contributed by atoms with Crippen LogP contribution in [-0.4, -0.2) is 35.2 Å². The van der Waals surface area contributed by atoms with E-state index in [1.54, 1.807) is 20.8 Å². The highest BCUT2D eigenvalue weighted by molar-refractivity contribution is 5.89. The van der Waals surface area contributed by atoms with Crippen molar-refractivity contribution in [3.8, 4) is 0 Å². The maximum absolute atomic E-state index is 12.5. The first-order valence-electron chi connectivity index (χ1n) is 8.76. The van der Waals surface area contributed by atoms with Crippen LogP contribution in [0.3, 0.4) is 0 Å². The van der Waals surface area contributed by atoms with E-state index in [2.05, 4.69) is 10.6 Å². The van der Waals surface area contributed by atoms with Crippen LogP contribution in [0.5, 0.6) is 0 Å². The Hall–Kier alpha value is -2.57. The fourth-order valence-corrected chi connectivity index (χ4v) is 2.35. The van der Waals surface area contributed by atoms with Crippen LogP contribution in [0, 0.1) is 11.8 Å². The summed E-state index contributed by atoms with van der Waals surface area (Å²) >= 11 is 0. The van der Waals surface area contributed by atoms with E-state index in [4.69, 9.17) is 4.74 Å². The molecule has 7 nitrogen and oxygen atoms in total. The lowest BCUT2D eigenvalue weighted by molar-refractivity contribution is -0.143. The Bertz CT molecular complexity index is 603. The Morgan fingerprint density at radius 3 is 2.15 bits per heavy atom. The molecular formula is C19H28N2O5. The fraction of sp³-hybridized carbons (Fsp3) is 0.526. The molecule has 0 aliphatic carbocycles. The van der Waals surface area contributed by atoms with Gasteiger partial charge in [-0.05, 0) is 17.4 Å². The Labute approximate surface area is 154 Å². The molecule has 0 aromatic heterocycles. The summed E-state index contributed by atoms with van der Waals surface area (Å²) in [4.78, 5) is 35.9. The van der Waals surface area contributed by atoms with Gasteiger partial charge in [0.05, 0.1) is 0 Å². The number of alkyl carbamates (subject to hydrolysis) is 1. The van der Waals surface area contributed by atoms with Gasteiger partial charge in [0, 0.05) is 0 Å². The molecule has 3 atom stereocenters. The lowest BCUT2D eigenvalue weighted by Gasteiger charge is -2.26. The third-order valence-electron chi connectivity index (χ3n) is 4.21. The van der Waals surface area contributed by atoms with Gasteiger partial charge in [-0.15, -0.1) is 0 Å². The molecule has 0 aliphatic heterocycles. The van der Waals surface area contributed by atoms with Crippen molar-refractivity contribution in [1.82, 2.24) is 10.6 Å². The van der Waals surface area contributed by atoms with Crippen LogP contribution in [-0.2, 0) is 20.9 Å². The highest BCUT2D eigenvalue weighted by Gasteiger charge is 2.31. The minimum atomic E-state index is -1.10. The normalized spacial score (nSPS) is 14.2. The number of nitrogens with one attached hydrogen (secondary N) is 2. The summed E-state index contributed by atoms with van der Waals surface area (Å²) in [7, 11) is 0. The van der Waals surface area contributed by atoms with Gasteiger partial charge in [-0.25, -0.2) is 9.59 Å². The Balaban J connectivity index is 2.67. The number of hydrogen-bond acceptors (Lipinski definition) is 4. The molecule has 0 spiro atoms. The van der Waals surface area contributed by atoms with Gasteiger partial charge < -0.3 is 20.5 Å². The van der Waals surface area contributed by atoms with Crippen LogP contribution in [0.2, 0.25) is 0 Å². The molecule has 0 radical (unpaired) electrons. The lowest BCUT2D eigenvalue weighted by atomic mass is 9.97. The average molecular weight is 364 g/mol. The van der Waals surface area contributed by atoms with Crippen LogP contribution in [0.4, 0.5) is 4.79 Å². The average Bonchev–Trinajstić information content (AvgIpc) is 2.61. The van der Waals surface area contributed by atoms with Gasteiger partial charge in [0.15, 0.2) is 0 Å². The maximum Gasteiger partial charge on any atom is 0.408 e. The number of carbonyl (C=O) groups excluding carboxylic acids is 2. The molecule has 0 aliphatic rings. The maximum atomic E-state index is 12.5. The van der Waals surface area contributed by atoms with Gasteiger partial charge in [0.2, 0.25) is 5.91 Å². The van der Waals surface area contributed by atoms with Crippen molar-refractivity contribution in [2.24, 2.45) is 11.8 Å². The lowest BCUT2D eigenvalue weighted by Crippen LogP contribution is -2.55. The predicted octanol–water partition coefficient (Wildman–Crippen LogP) is 2.55. The number of carboxylic acid groups (broad SMARTS) is 1. The minimum absolute atomic E-state index is 0.0870. The van der Waals surface area contributed by atoms with Gasteiger partial charge in [0.1, 0.15) is 18.7 Å². The highest BCUT2D eigenvalue weighted by Crippen LogP contribution is 2.10. The molecule has 0 bridgehead atoms. The van der Waals surface area contributed by atoms with Crippen molar-refractivity contribution in [2.45, 2.75) is 52.8 Å². The van der Waals surface area contributed by atoms with Crippen molar-refractivity contribution >= 4 is 18.0 Å². The smallest absolute Gasteiger partial charge is 0.408 e. The zero-order valence-electron chi connectivity index (χ0n) is 15.7. The molecule has 3 N–H and O–H groups in total. The second-order valence-corrected chi connectivity index (χ2v) is 6.64. The number of aliphatic carboxylic acids is 1. The van der Waals surface area contributed by atoms with E-state index >= 15 is 0 Å². The molecule has 0 heterocycles. The fourth-order valence-electron chi connectivity index (χ4n) is 2.35. The Morgan fingerprint density at radius 2 is 1.65 bits per heavy atom. The van der Waals surface area contributed by atoms with Gasteiger partial charge in [0.25, 0.3) is 0 Å². The zero-order valence-corrected chi connectivity index (χ0v) is 15.7. The summed E-state index contributed by atoms with van der Waals surface area (Å²) in [6.07, 6.45) is -0.117. The number of benzene rings is 1. The van der Waals surface area contributed by atoms with E-state index in [9.17, 15) is 19.5 Å². The summed E-state index contributed by atoms with van der Waals surface area (Å²) in [6, 6.07) is 7.29. The number of ether oxygens (including phenoxy) is 1. The number of carbonyl (C=O) groups is 3. The zero-order chi connectivity index (χ0) is 19.7. The first-order valence-corrected chi connectivity index (χ1v) is 8.76. The molecule has 0 unspecified atom stereocenters. The topological polar surface area (TPSA) is 105 Å². The standard InChI is InChI=1S/C19H28N2O5/c1-5-13(4)16(18(23)24)20-17(22)15(12(2)3)21-19(25)26-11-14-9-7-6-8-10-14/h6-10,12-13,15-16H,5,11H2,1-4H3,(H,20,22)(H,21,25)(H,23,24)/t13-,15+,16-/m0/s1. The molecule has 26 heavy (non-hydrogen) atoms. The summed E-state index contributed by atoms with van der Waals surface area (Å²) in [5.74, 6) is -2.09. The van der Waals surface area contributed by atoms with Crippen LogP contribution in [0.15, 0.2) is 30.3 Å². The number of hydrogen-bond donors (Lipinski definition) is 3. The van der Waals surface area contributed by atoms with Crippen LogP contribution in [0.25, 0.3) is 0 Å². The van der Waals surface area contributed by atoms with Gasteiger partial charge >= 0.3 is 12.1 Å². The van der Waals surface area contributed by atoms with Crippen molar-refractivity contribution in [1.29, 1.82) is 0 Å². The third-order valence-corrected chi connectivity index (χ3v) is 4.21. The van der Waals surface area contributed by atoms with E-state index < -0.39 is 30.1 Å². The minimum Gasteiger partial charge on any atom is -0.480 e. The number of carboxylic acids is 1. The molecule has 1 rings (SSSR count). The Kier molecular flexibility index (Phi) is 8.61. The SMILES string of the molecule is CC[C@H](C)[C@H](NC(=O)[C@H](NC(=O)OCc1ccccc1)C(C)C)C(=O)O. The number of amides is 2. The Morgan fingerprint density at radius 1 is 1.04 bits per heavy atom. The first-order chi connectivity index (χ1) is 12.3. The predicted molar refractivity (Wildman–Crippen MR) is 97.4 cm³/mol. The second-order valence-electron chi connectivity index (χ2n) is 6.64. The molecule has 0 saturated heterocycles. The van der Waals surface area contributed by atoms with Crippen molar-refractivity contribution < 1.29 is 24.2 Å². The monoisotopic (exact) mass is 364 g/mol. The summed E-state index contributed by atoms with van der Waals surface area (Å²) in [5, 5.41) is 14.4. The number of rotatable bonds is 9. The molecule has 0 saturated carbocycles. The first kappa shape index (κ1) is 21.5. The largest absolute Gasteiger partial charge is 0.480 e. The van der Waals surface area contributed by atoms with Gasteiger partial charge in [-0.3, -0.25) is 4.79 Å². The molecule has 0 fully saturated rings. The molecular weight excluding hydrogens is 336 g/mol. The van der Waals surface area contributed by atoms with Crippen LogP contribution >= 0.6 is 0 Å². The van der Waals surface area contributed by atoms with Gasteiger partial charge in [-0.2, -0.15) is 0 Å². The van der Waals surface area contributed by atoms with Crippen molar-refractivity contribution in [2.75, 3.05) is 0 Å². The highest BCUT2D eigenvalue weighted by atomic mass is 16.5. The molecule has 1 aromatic carbocycles. The summed E-state index contributed by atoms with van der Waals surface area (Å²) in [5.41, 5.74) is 0.830. The third kappa shape index (κ3) is 6.74. The van der Waals surface area contributed by atoms with Crippen molar-refractivity contribution in [3.05, 3.63) is 35.9 Å². The van der Waals surface area contributed by atoms with E-state index in [1.807, 2.05) is 37.3 Å². The van der Waals surface area contributed by atoms with E-state index in [0.717, 1.165) is 5.56 Å². The van der Waals surface area contributed by atoms with E-state index in [0.29, 0.717) is 6.42 Å². The molecule has 2 amide bonds. The van der Waals surface area contributed by atoms with E-state index in [-0.39, 0.29) is 18.4 Å². The van der Waals surface area contributed by atoms with Gasteiger partial charge in [-0.1, -0.05) is 64.4 Å². The molecule has 7 heteroatoms. The summed E-state index contributed by atoms with van der Waals surface area (Å²) < 4.78 is 5.13. The van der Waals surface area contributed by atoms with Crippen LogP contribution < -0.4 is 10.6 Å². The van der Waals surface area contributed by atoms with E-state index in [1.165, 1.54) is 0 Å². The van der Waals surface area contributed by atoms with Crippen LogP contribution in [0.1, 0.15) is 39.7 Å².